The number of nitrogens with zero attached hydrogens (tertiary/aromatic N) is 3. The molecule has 0 saturated heterocycles. The monoisotopic (exact) mass is 185 g/mol. The summed E-state index contributed by atoms with van der Waals surface area (Å²) in [6.45, 7) is 0. The standard InChI is InChI=1S/C5H7N5O3/c1-9-4(11)2(10(12)13)3(6)8-5(9)7/h6H2,1H3,(H2,7,8). The lowest BCUT2D eigenvalue weighted by Crippen LogP contribution is -2.25. The van der Waals surface area contributed by atoms with Gasteiger partial charge in [-0.2, -0.15) is 4.98 Å². The second-order valence-electron chi connectivity index (χ2n) is 2.33. The van der Waals surface area contributed by atoms with E-state index >= 15 is 0 Å². The summed E-state index contributed by atoms with van der Waals surface area (Å²) in [5.41, 5.74) is 8.77. The molecule has 4 N–H and O–H groups in total. The summed E-state index contributed by atoms with van der Waals surface area (Å²) in [5, 5.41) is 10.3. The fourth-order valence-electron chi connectivity index (χ4n) is 0.795. The van der Waals surface area contributed by atoms with Gasteiger partial charge < -0.3 is 11.5 Å². The molecule has 8 nitrogen and oxygen atoms in total. The third-order valence-electron chi connectivity index (χ3n) is 1.51. The molecule has 1 rings (SSSR count). The van der Waals surface area contributed by atoms with Crippen LogP contribution in [0.15, 0.2) is 4.79 Å². The molecule has 0 atom stereocenters. The molecule has 0 saturated carbocycles. The summed E-state index contributed by atoms with van der Waals surface area (Å²) in [6, 6.07) is 0. The lowest BCUT2D eigenvalue weighted by Gasteiger charge is -2.02. The average Bonchev–Trinajstić information content (AvgIpc) is 1.99. The first-order valence-electron chi connectivity index (χ1n) is 3.21. The van der Waals surface area contributed by atoms with Crippen molar-refractivity contribution in [2.75, 3.05) is 11.5 Å². The fraction of sp³-hybridized carbons (Fsp3) is 0.200. The Morgan fingerprint density at radius 3 is 2.54 bits per heavy atom. The van der Waals surface area contributed by atoms with E-state index in [1.165, 1.54) is 7.05 Å². The highest BCUT2D eigenvalue weighted by molar-refractivity contribution is 5.52. The van der Waals surface area contributed by atoms with Crippen LogP contribution in [0.2, 0.25) is 0 Å². The van der Waals surface area contributed by atoms with E-state index in [0.717, 1.165) is 4.57 Å². The highest BCUT2D eigenvalue weighted by atomic mass is 16.6. The summed E-state index contributed by atoms with van der Waals surface area (Å²) in [7, 11) is 1.27. The summed E-state index contributed by atoms with van der Waals surface area (Å²) in [6.07, 6.45) is 0. The first-order chi connectivity index (χ1) is 5.95. The molecule has 70 valence electrons. The first kappa shape index (κ1) is 8.97. The molecule has 0 spiro atoms. The van der Waals surface area contributed by atoms with E-state index in [1.807, 2.05) is 0 Å². The van der Waals surface area contributed by atoms with Crippen molar-refractivity contribution in [1.82, 2.24) is 9.55 Å². The predicted octanol–water partition coefficient (Wildman–Crippen LogP) is -1.15. The quantitative estimate of drug-likeness (QED) is 0.419. The van der Waals surface area contributed by atoms with Gasteiger partial charge in [0.05, 0.1) is 4.92 Å². The Kier molecular flexibility index (Phi) is 1.89. The van der Waals surface area contributed by atoms with Crippen LogP contribution in [0.3, 0.4) is 0 Å². The van der Waals surface area contributed by atoms with Gasteiger partial charge in [0.2, 0.25) is 11.8 Å². The second kappa shape index (κ2) is 2.73. The van der Waals surface area contributed by atoms with Gasteiger partial charge >= 0.3 is 11.2 Å². The van der Waals surface area contributed by atoms with Gasteiger partial charge in [-0.25, -0.2) is 0 Å². The lowest BCUT2D eigenvalue weighted by molar-refractivity contribution is -0.385. The minimum absolute atomic E-state index is 0.159. The molecular formula is C5H7N5O3. The minimum atomic E-state index is -0.885. The maximum Gasteiger partial charge on any atom is 0.375 e. The van der Waals surface area contributed by atoms with Gasteiger partial charge in [0.1, 0.15) is 0 Å². The Balaban J connectivity index is 3.63. The van der Waals surface area contributed by atoms with Gasteiger partial charge in [-0.05, 0) is 0 Å². The van der Waals surface area contributed by atoms with Crippen LogP contribution in [0.1, 0.15) is 0 Å². The molecule has 0 amide bonds. The molecule has 1 aromatic heterocycles. The topological polar surface area (TPSA) is 130 Å². The summed E-state index contributed by atoms with van der Waals surface area (Å²) in [4.78, 5) is 24.1. The van der Waals surface area contributed by atoms with Crippen LogP contribution in [-0.2, 0) is 7.05 Å². The SMILES string of the molecule is Cn1c(N)nc(N)c([N+](=O)[O-])c1=O. The molecule has 0 aliphatic carbocycles. The highest BCUT2D eigenvalue weighted by Crippen LogP contribution is 2.12. The Bertz CT molecular complexity index is 423. The third kappa shape index (κ3) is 1.28. The van der Waals surface area contributed by atoms with E-state index in [0.29, 0.717) is 0 Å². The number of hydrogen-bond acceptors (Lipinski definition) is 6. The van der Waals surface area contributed by atoms with Crippen molar-refractivity contribution in [1.29, 1.82) is 0 Å². The van der Waals surface area contributed by atoms with Crippen LogP contribution in [0.5, 0.6) is 0 Å². The van der Waals surface area contributed by atoms with Crippen LogP contribution in [0.25, 0.3) is 0 Å². The molecule has 0 unspecified atom stereocenters. The summed E-state index contributed by atoms with van der Waals surface area (Å²) < 4.78 is 0.856. The molecule has 0 aromatic carbocycles. The fourth-order valence-corrected chi connectivity index (χ4v) is 0.795. The molecule has 0 aliphatic heterocycles. The van der Waals surface area contributed by atoms with E-state index in [9.17, 15) is 14.9 Å². The van der Waals surface area contributed by atoms with Crippen LogP contribution in [0.4, 0.5) is 17.5 Å². The molecular weight excluding hydrogens is 178 g/mol. The van der Waals surface area contributed by atoms with E-state index in [-0.39, 0.29) is 5.95 Å². The van der Waals surface area contributed by atoms with E-state index < -0.39 is 22.0 Å². The highest BCUT2D eigenvalue weighted by Gasteiger charge is 2.21. The number of nitrogens with two attached hydrogens (primary N) is 2. The zero-order chi connectivity index (χ0) is 10.2. The van der Waals surface area contributed by atoms with Crippen LogP contribution < -0.4 is 17.0 Å². The number of anilines is 2. The Labute approximate surface area is 71.9 Å². The molecule has 8 heteroatoms. The molecule has 1 aromatic rings. The van der Waals surface area contributed by atoms with Gasteiger partial charge in [0, 0.05) is 7.05 Å². The number of nitrogen functional groups attached to an aromatic ring is 2. The lowest BCUT2D eigenvalue weighted by atomic mass is 10.5. The minimum Gasteiger partial charge on any atom is -0.378 e. The Morgan fingerprint density at radius 2 is 2.08 bits per heavy atom. The van der Waals surface area contributed by atoms with Gasteiger partial charge in [-0.1, -0.05) is 0 Å². The van der Waals surface area contributed by atoms with Gasteiger partial charge in [0.25, 0.3) is 0 Å². The van der Waals surface area contributed by atoms with Gasteiger partial charge in [-0.15, -0.1) is 0 Å². The van der Waals surface area contributed by atoms with Gasteiger partial charge in [-0.3, -0.25) is 19.5 Å². The van der Waals surface area contributed by atoms with Crippen molar-refractivity contribution in [3.8, 4) is 0 Å². The van der Waals surface area contributed by atoms with Crippen molar-refractivity contribution in [3.05, 3.63) is 20.5 Å². The molecule has 0 aliphatic rings. The third-order valence-corrected chi connectivity index (χ3v) is 1.51. The maximum absolute atomic E-state index is 11.2. The Hall–Kier alpha value is -2.12. The molecule has 0 fully saturated rings. The number of nitro groups is 1. The second-order valence-corrected chi connectivity index (χ2v) is 2.33. The van der Waals surface area contributed by atoms with E-state index in [1.54, 1.807) is 0 Å². The van der Waals surface area contributed by atoms with Crippen LogP contribution in [0, 0.1) is 10.1 Å². The molecule has 0 bridgehead atoms. The number of aromatic nitrogens is 2. The van der Waals surface area contributed by atoms with Crippen LogP contribution >= 0.6 is 0 Å². The van der Waals surface area contributed by atoms with Crippen molar-refractivity contribution in [2.45, 2.75) is 0 Å². The smallest absolute Gasteiger partial charge is 0.375 e. The predicted molar refractivity (Wildman–Crippen MR) is 45.0 cm³/mol. The number of rotatable bonds is 1. The summed E-state index contributed by atoms with van der Waals surface area (Å²) in [5.74, 6) is -0.626. The zero-order valence-electron chi connectivity index (χ0n) is 6.72. The largest absolute Gasteiger partial charge is 0.378 e. The summed E-state index contributed by atoms with van der Waals surface area (Å²) >= 11 is 0. The molecule has 13 heavy (non-hydrogen) atoms. The molecule has 1 heterocycles. The van der Waals surface area contributed by atoms with Crippen molar-refractivity contribution in [2.24, 2.45) is 7.05 Å². The van der Waals surface area contributed by atoms with E-state index in [4.69, 9.17) is 11.5 Å². The van der Waals surface area contributed by atoms with Gasteiger partial charge in [0.15, 0.2) is 0 Å². The van der Waals surface area contributed by atoms with E-state index in [2.05, 4.69) is 4.98 Å². The van der Waals surface area contributed by atoms with Crippen molar-refractivity contribution in [3.63, 3.8) is 0 Å². The average molecular weight is 185 g/mol. The normalized spacial score (nSPS) is 9.92. The first-order valence-corrected chi connectivity index (χ1v) is 3.21. The molecule has 0 radical (unpaired) electrons. The van der Waals surface area contributed by atoms with Crippen molar-refractivity contribution >= 4 is 17.5 Å². The maximum atomic E-state index is 11.2. The number of hydrogen-bond donors (Lipinski definition) is 2. The van der Waals surface area contributed by atoms with Crippen LogP contribution in [-0.4, -0.2) is 14.5 Å². The van der Waals surface area contributed by atoms with Crippen molar-refractivity contribution < 1.29 is 4.92 Å². The zero-order valence-corrected chi connectivity index (χ0v) is 6.72. The Morgan fingerprint density at radius 1 is 1.54 bits per heavy atom.